The third-order valence-corrected chi connectivity index (χ3v) is 6.92. The molecule has 0 aliphatic rings. The van der Waals surface area contributed by atoms with Crippen molar-refractivity contribution in [2.24, 2.45) is 0 Å². The van der Waals surface area contributed by atoms with Gasteiger partial charge in [-0.25, -0.2) is 17.7 Å². The highest BCUT2D eigenvalue weighted by Gasteiger charge is 2.21. The number of amides is 1. The summed E-state index contributed by atoms with van der Waals surface area (Å²) in [6, 6.07) is 12.0. The molecule has 3 aromatic rings. The molecule has 148 valence electrons. The summed E-state index contributed by atoms with van der Waals surface area (Å²) in [5.41, 5.74) is 2.62. The lowest BCUT2D eigenvalue weighted by Gasteiger charge is -2.15. The third kappa shape index (κ3) is 4.21. The van der Waals surface area contributed by atoms with Crippen LogP contribution in [0.3, 0.4) is 0 Å². The molecule has 1 aromatic heterocycles. The summed E-state index contributed by atoms with van der Waals surface area (Å²) in [6.45, 7) is 3.55. The number of nitrogens with one attached hydrogen (secondary N) is 1. The Bertz CT molecular complexity index is 1090. The quantitative estimate of drug-likeness (QED) is 0.615. The van der Waals surface area contributed by atoms with E-state index in [4.69, 9.17) is 4.42 Å². The minimum Gasteiger partial charge on any atom is -0.431 e. The molecule has 0 saturated heterocycles. The van der Waals surface area contributed by atoms with Crippen molar-refractivity contribution in [3.63, 3.8) is 0 Å². The average molecular weight is 420 g/mol. The van der Waals surface area contributed by atoms with Gasteiger partial charge in [-0.15, -0.1) is 0 Å². The maximum atomic E-state index is 12.6. The second-order valence-corrected chi connectivity index (χ2v) is 9.90. The van der Waals surface area contributed by atoms with Crippen LogP contribution >= 0.6 is 11.8 Å². The number of anilines is 1. The number of hydrogen-bond acceptors (Lipinski definition) is 6. The Morgan fingerprint density at radius 1 is 1.21 bits per heavy atom. The van der Waals surface area contributed by atoms with Gasteiger partial charge < -0.3 is 9.73 Å². The number of nitrogens with zero attached hydrogens (tertiary/aromatic N) is 2. The Balaban J connectivity index is 1.76. The van der Waals surface area contributed by atoms with Crippen LogP contribution in [0.5, 0.6) is 0 Å². The fourth-order valence-corrected chi connectivity index (χ4v) is 4.13. The molecule has 1 unspecified atom stereocenters. The van der Waals surface area contributed by atoms with Crippen molar-refractivity contribution in [1.82, 2.24) is 9.29 Å². The van der Waals surface area contributed by atoms with Gasteiger partial charge in [0.05, 0.1) is 10.1 Å². The van der Waals surface area contributed by atoms with Crippen LogP contribution in [0.4, 0.5) is 5.69 Å². The Morgan fingerprint density at radius 2 is 1.93 bits per heavy atom. The van der Waals surface area contributed by atoms with E-state index in [1.807, 2.05) is 24.3 Å². The van der Waals surface area contributed by atoms with Gasteiger partial charge in [-0.1, -0.05) is 30.0 Å². The molecular weight excluding hydrogens is 398 g/mol. The van der Waals surface area contributed by atoms with E-state index in [2.05, 4.69) is 10.3 Å². The standard InChI is InChI=1S/C19H21N3O4S2/c1-12-9-10-14(28(24,25)22(3)4)11-16(12)20-18(23)13(2)27-19-21-15-7-5-6-8-17(15)26-19/h5-11,13H,1-4H3,(H,20,23). The molecule has 1 heterocycles. The first-order valence-corrected chi connectivity index (χ1v) is 10.9. The summed E-state index contributed by atoms with van der Waals surface area (Å²) in [5.74, 6) is -0.269. The van der Waals surface area contributed by atoms with Gasteiger partial charge >= 0.3 is 0 Å². The maximum absolute atomic E-state index is 12.6. The first-order valence-electron chi connectivity index (χ1n) is 8.55. The lowest BCUT2D eigenvalue weighted by molar-refractivity contribution is -0.115. The predicted molar refractivity (Wildman–Crippen MR) is 110 cm³/mol. The summed E-state index contributed by atoms with van der Waals surface area (Å²) >= 11 is 1.20. The minimum atomic E-state index is -3.58. The van der Waals surface area contributed by atoms with Gasteiger partial charge in [0.15, 0.2) is 5.58 Å². The molecule has 0 radical (unpaired) electrons. The van der Waals surface area contributed by atoms with E-state index < -0.39 is 15.3 Å². The highest BCUT2D eigenvalue weighted by atomic mass is 32.2. The number of benzene rings is 2. The maximum Gasteiger partial charge on any atom is 0.257 e. The van der Waals surface area contributed by atoms with Gasteiger partial charge in [0.1, 0.15) is 5.52 Å². The SMILES string of the molecule is Cc1ccc(S(=O)(=O)N(C)C)cc1NC(=O)C(C)Sc1nc2ccccc2o1. The molecule has 0 aliphatic carbocycles. The number of rotatable bonds is 6. The van der Waals surface area contributed by atoms with Crippen molar-refractivity contribution in [2.75, 3.05) is 19.4 Å². The molecular formula is C19H21N3O4S2. The highest BCUT2D eigenvalue weighted by molar-refractivity contribution is 8.00. The second-order valence-electron chi connectivity index (χ2n) is 6.46. The lowest BCUT2D eigenvalue weighted by atomic mass is 10.2. The largest absolute Gasteiger partial charge is 0.431 e. The summed E-state index contributed by atoms with van der Waals surface area (Å²) in [6.07, 6.45) is 0. The number of carbonyl (C=O) groups excluding carboxylic acids is 1. The normalized spacial score (nSPS) is 13.0. The number of aryl methyl sites for hydroxylation is 1. The number of fused-ring (bicyclic) bond motifs is 1. The van der Waals surface area contributed by atoms with E-state index in [0.717, 1.165) is 15.4 Å². The van der Waals surface area contributed by atoms with Gasteiger partial charge in [-0.2, -0.15) is 0 Å². The number of oxazole rings is 1. The van der Waals surface area contributed by atoms with Crippen LogP contribution in [-0.4, -0.2) is 43.0 Å². The summed E-state index contributed by atoms with van der Waals surface area (Å²) < 4.78 is 31.4. The number of thioether (sulfide) groups is 1. The predicted octanol–water partition coefficient (Wildman–Crippen LogP) is 3.51. The zero-order chi connectivity index (χ0) is 20.5. The number of carbonyl (C=O) groups is 1. The molecule has 0 bridgehead atoms. The number of hydrogen-bond donors (Lipinski definition) is 1. The Hall–Kier alpha value is -2.36. The van der Waals surface area contributed by atoms with E-state index in [1.165, 1.54) is 38.0 Å². The Morgan fingerprint density at radius 3 is 2.61 bits per heavy atom. The van der Waals surface area contributed by atoms with Gasteiger partial charge in [-0.05, 0) is 43.7 Å². The zero-order valence-corrected chi connectivity index (χ0v) is 17.6. The van der Waals surface area contributed by atoms with E-state index in [0.29, 0.717) is 16.5 Å². The Kier molecular flexibility index (Phi) is 5.78. The first kappa shape index (κ1) is 20.4. The summed E-state index contributed by atoms with van der Waals surface area (Å²) in [4.78, 5) is 17.1. The molecule has 0 spiro atoms. The van der Waals surface area contributed by atoms with Crippen LogP contribution in [0, 0.1) is 6.92 Å². The zero-order valence-electron chi connectivity index (χ0n) is 16.0. The van der Waals surface area contributed by atoms with Gasteiger partial charge in [0.2, 0.25) is 15.9 Å². The van der Waals surface area contributed by atoms with Crippen molar-refractivity contribution in [2.45, 2.75) is 29.2 Å². The molecule has 0 aliphatic heterocycles. The van der Waals surface area contributed by atoms with E-state index in [1.54, 1.807) is 19.9 Å². The summed E-state index contributed by atoms with van der Waals surface area (Å²) in [7, 11) is -0.654. The van der Waals surface area contributed by atoms with Crippen LogP contribution in [0.25, 0.3) is 11.1 Å². The molecule has 1 atom stereocenters. The number of para-hydroxylation sites is 2. The molecule has 9 heteroatoms. The summed E-state index contributed by atoms with van der Waals surface area (Å²) in [5, 5.41) is 2.73. The molecule has 2 aromatic carbocycles. The van der Waals surface area contributed by atoms with Crippen molar-refractivity contribution in [3.05, 3.63) is 48.0 Å². The second kappa shape index (κ2) is 7.94. The van der Waals surface area contributed by atoms with Gasteiger partial charge in [0.25, 0.3) is 5.22 Å². The molecule has 0 saturated carbocycles. The molecule has 28 heavy (non-hydrogen) atoms. The molecule has 3 rings (SSSR count). The van der Waals surface area contributed by atoms with E-state index in [-0.39, 0.29) is 10.8 Å². The van der Waals surface area contributed by atoms with Crippen LogP contribution in [-0.2, 0) is 14.8 Å². The molecule has 1 amide bonds. The molecule has 0 fully saturated rings. The first-order chi connectivity index (χ1) is 13.2. The lowest BCUT2D eigenvalue weighted by Crippen LogP contribution is -2.24. The molecule has 1 N–H and O–H groups in total. The van der Waals surface area contributed by atoms with Crippen molar-refractivity contribution in [3.8, 4) is 0 Å². The fraction of sp³-hybridized carbons (Fsp3) is 0.263. The van der Waals surface area contributed by atoms with Crippen LogP contribution in [0.15, 0.2) is 57.0 Å². The topological polar surface area (TPSA) is 92.5 Å². The average Bonchev–Trinajstić information content (AvgIpc) is 3.05. The fourth-order valence-electron chi connectivity index (χ4n) is 2.45. The van der Waals surface area contributed by atoms with Crippen molar-refractivity contribution >= 4 is 44.5 Å². The number of aromatic nitrogens is 1. The van der Waals surface area contributed by atoms with Crippen molar-refractivity contribution < 1.29 is 17.6 Å². The van der Waals surface area contributed by atoms with Crippen molar-refractivity contribution in [1.29, 1.82) is 0 Å². The van der Waals surface area contributed by atoms with Gasteiger partial charge in [0, 0.05) is 19.8 Å². The smallest absolute Gasteiger partial charge is 0.257 e. The third-order valence-electron chi connectivity index (χ3n) is 4.17. The highest BCUT2D eigenvalue weighted by Crippen LogP contribution is 2.28. The monoisotopic (exact) mass is 419 g/mol. The van der Waals surface area contributed by atoms with Gasteiger partial charge in [-0.3, -0.25) is 4.79 Å². The minimum absolute atomic E-state index is 0.123. The van der Waals surface area contributed by atoms with Crippen LogP contribution < -0.4 is 5.32 Å². The van der Waals surface area contributed by atoms with Crippen LogP contribution in [0.2, 0.25) is 0 Å². The van der Waals surface area contributed by atoms with E-state index >= 15 is 0 Å². The Labute approximate surface area is 168 Å². The number of sulfonamides is 1. The van der Waals surface area contributed by atoms with Crippen LogP contribution in [0.1, 0.15) is 12.5 Å². The molecule has 7 nitrogen and oxygen atoms in total. The van der Waals surface area contributed by atoms with E-state index in [9.17, 15) is 13.2 Å².